The molecular formula is C27H22N4O5S. The van der Waals surface area contributed by atoms with Crippen molar-refractivity contribution in [3.63, 3.8) is 0 Å². The maximum absolute atomic E-state index is 13.3. The fourth-order valence-corrected chi connectivity index (χ4v) is 4.82. The van der Waals surface area contributed by atoms with Gasteiger partial charge in [-0.2, -0.15) is 0 Å². The van der Waals surface area contributed by atoms with Crippen molar-refractivity contribution in [3.05, 3.63) is 100 Å². The van der Waals surface area contributed by atoms with E-state index in [4.69, 9.17) is 9.47 Å². The van der Waals surface area contributed by atoms with Gasteiger partial charge < -0.3 is 14.6 Å². The molecule has 10 heteroatoms. The van der Waals surface area contributed by atoms with Gasteiger partial charge in [0.1, 0.15) is 17.4 Å². The molecule has 2 aromatic carbocycles. The van der Waals surface area contributed by atoms with Crippen LogP contribution in [-0.2, 0) is 16.2 Å². The van der Waals surface area contributed by atoms with Crippen molar-refractivity contribution in [1.82, 2.24) is 15.2 Å². The third-order valence-corrected chi connectivity index (χ3v) is 6.70. The van der Waals surface area contributed by atoms with E-state index in [1.807, 2.05) is 30.3 Å². The molecule has 1 unspecified atom stereocenters. The number of anilines is 1. The third kappa shape index (κ3) is 4.66. The SMILES string of the molecule is COc1cc(C2/C(=C(\O)c3ccncc3)C(=O)C(=O)N2c2nnc(C)s2)ccc1OCc1ccccc1. The van der Waals surface area contributed by atoms with E-state index in [1.54, 1.807) is 37.3 Å². The van der Waals surface area contributed by atoms with Crippen molar-refractivity contribution in [1.29, 1.82) is 0 Å². The molecule has 0 bridgehead atoms. The molecule has 5 rings (SSSR count). The van der Waals surface area contributed by atoms with Crippen LogP contribution in [0.2, 0.25) is 0 Å². The molecule has 37 heavy (non-hydrogen) atoms. The first-order valence-electron chi connectivity index (χ1n) is 11.3. The largest absolute Gasteiger partial charge is 0.507 e. The molecule has 1 aliphatic rings. The highest BCUT2D eigenvalue weighted by molar-refractivity contribution is 7.15. The van der Waals surface area contributed by atoms with Crippen LogP contribution in [0.15, 0.2) is 78.6 Å². The smallest absolute Gasteiger partial charge is 0.301 e. The summed E-state index contributed by atoms with van der Waals surface area (Å²) >= 11 is 1.18. The van der Waals surface area contributed by atoms with E-state index in [0.29, 0.717) is 34.2 Å². The van der Waals surface area contributed by atoms with E-state index in [2.05, 4.69) is 15.2 Å². The molecule has 9 nitrogen and oxygen atoms in total. The monoisotopic (exact) mass is 514 g/mol. The number of nitrogens with zero attached hydrogens (tertiary/aromatic N) is 4. The second-order valence-electron chi connectivity index (χ2n) is 8.19. The highest BCUT2D eigenvalue weighted by Gasteiger charge is 2.48. The number of ether oxygens (including phenoxy) is 2. The summed E-state index contributed by atoms with van der Waals surface area (Å²) in [5, 5.41) is 20.2. The first-order valence-corrected chi connectivity index (χ1v) is 12.2. The van der Waals surface area contributed by atoms with Crippen LogP contribution in [0, 0.1) is 6.92 Å². The summed E-state index contributed by atoms with van der Waals surface area (Å²) in [6.07, 6.45) is 2.99. The van der Waals surface area contributed by atoms with Crippen LogP contribution in [0.25, 0.3) is 5.76 Å². The number of hydrogen-bond acceptors (Lipinski definition) is 9. The number of carbonyl (C=O) groups is 2. The van der Waals surface area contributed by atoms with Gasteiger partial charge in [0.15, 0.2) is 11.5 Å². The van der Waals surface area contributed by atoms with Crippen molar-refractivity contribution in [3.8, 4) is 11.5 Å². The van der Waals surface area contributed by atoms with Gasteiger partial charge in [-0.25, -0.2) is 0 Å². The topological polar surface area (TPSA) is 115 Å². The molecular weight excluding hydrogens is 492 g/mol. The highest BCUT2D eigenvalue weighted by atomic mass is 32.1. The molecule has 1 atom stereocenters. The zero-order valence-electron chi connectivity index (χ0n) is 20.0. The van der Waals surface area contributed by atoms with Crippen LogP contribution in [-0.4, -0.2) is 39.1 Å². The van der Waals surface area contributed by atoms with Crippen molar-refractivity contribution in [2.75, 3.05) is 12.0 Å². The summed E-state index contributed by atoms with van der Waals surface area (Å²) < 4.78 is 11.6. The Morgan fingerprint density at radius 3 is 2.46 bits per heavy atom. The number of benzene rings is 2. The minimum Gasteiger partial charge on any atom is -0.507 e. The Morgan fingerprint density at radius 2 is 1.78 bits per heavy atom. The summed E-state index contributed by atoms with van der Waals surface area (Å²) in [7, 11) is 1.51. The van der Waals surface area contributed by atoms with E-state index < -0.39 is 17.7 Å². The summed E-state index contributed by atoms with van der Waals surface area (Å²) in [6, 6.07) is 17.0. The van der Waals surface area contributed by atoms with E-state index >= 15 is 0 Å². The molecule has 1 aliphatic heterocycles. The highest BCUT2D eigenvalue weighted by Crippen LogP contribution is 2.44. The van der Waals surface area contributed by atoms with Gasteiger partial charge in [0.05, 0.1) is 18.7 Å². The normalized spacial score (nSPS) is 16.7. The van der Waals surface area contributed by atoms with Crippen molar-refractivity contribution in [2.24, 2.45) is 0 Å². The summed E-state index contributed by atoms with van der Waals surface area (Å²) in [5.74, 6) is -1.03. The number of amides is 1. The lowest BCUT2D eigenvalue weighted by atomic mass is 9.95. The van der Waals surface area contributed by atoms with Crippen LogP contribution < -0.4 is 14.4 Å². The molecule has 4 aromatic rings. The Morgan fingerprint density at radius 1 is 1.03 bits per heavy atom. The zero-order chi connectivity index (χ0) is 25.9. The van der Waals surface area contributed by atoms with Crippen LogP contribution >= 0.6 is 11.3 Å². The molecule has 3 heterocycles. The van der Waals surface area contributed by atoms with Crippen molar-refractivity contribution in [2.45, 2.75) is 19.6 Å². The zero-order valence-corrected chi connectivity index (χ0v) is 20.8. The van der Waals surface area contributed by atoms with Gasteiger partial charge in [0, 0.05) is 18.0 Å². The third-order valence-electron chi connectivity index (χ3n) is 5.86. The number of aliphatic hydroxyl groups is 1. The van der Waals surface area contributed by atoms with Crippen LogP contribution in [0.1, 0.15) is 27.7 Å². The molecule has 2 aromatic heterocycles. The fourth-order valence-electron chi connectivity index (χ4n) is 4.10. The molecule has 1 saturated heterocycles. The Balaban J connectivity index is 1.60. The van der Waals surface area contributed by atoms with Crippen LogP contribution in [0.3, 0.4) is 0 Å². The Hall–Kier alpha value is -4.57. The number of aryl methyl sites for hydroxylation is 1. The number of carbonyl (C=O) groups excluding carboxylic acids is 2. The van der Waals surface area contributed by atoms with Gasteiger partial charge in [-0.15, -0.1) is 10.2 Å². The molecule has 186 valence electrons. The van der Waals surface area contributed by atoms with Gasteiger partial charge in [-0.05, 0) is 42.3 Å². The second kappa shape index (κ2) is 10.2. The van der Waals surface area contributed by atoms with E-state index in [0.717, 1.165) is 5.56 Å². The lowest BCUT2D eigenvalue weighted by Gasteiger charge is -2.23. The second-order valence-corrected chi connectivity index (χ2v) is 9.35. The van der Waals surface area contributed by atoms with Crippen LogP contribution in [0.5, 0.6) is 11.5 Å². The molecule has 1 amide bonds. The van der Waals surface area contributed by atoms with Crippen molar-refractivity contribution < 1.29 is 24.2 Å². The number of aromatic nitrogens is 3. The van der Waals surface area contributed by atoms with Gasteiger partial charge in [0.25, 0.3) is 5.78 Å². The van der Waals surface area contributed by atoms with Gasteiger partial charge >= 0.3 is 5.91 Å². The van der Waals surface area contributed by atoms with E-state index in [1.165, 1.54) is 35.7 Å². The minimum absolute atomic E-state index is 0.0657. The quantitative estimate of drug-likeness (QED) is 0.218. The van der Waals surface area contributed by atoms with E-state index in [-0.39, 0.29) is 16.5 Å². The summed E-state index contributed by atoms with van der Waals surface area (Å²) in [6.45, 7) is 2.09. The standard InChI is InChI=1S/C27H22N4O5S/c1-16-29-30-27(37-16)31-23(22(25(33)26(31)34)24(32)18-10-12-28-13-11-18)19-8-9-20(21(14-19)35-2)36-15-17-6-4-3-5-7-17/h3-14,23,32H,15H2,1-2H3/b24-22+. The summed E-state index contributed by atoms with van der Waals surface area (Å²) in [4.78, 5) is 31.7. The summed E-state index contributed by atoms with van der Waals surface area (Å²) in [5.41, 5.74) is 1.82. The number of pyridine rings is 1. The maximum Gasteiger partial charge on any atom is 0.301 e. The Kier molecular flexibility index (Phi) is 6.65. The maximum atomic E-state index is 13.3. The number of ketones is 1. The molecule has 1 fully saturated rings. The number of Topliss-reactive ketones (excluding diaryl/α,β-unsaturated/α-hetero) is 1. The number of methoxy groups -OCH3 is 1. The average molecular weight is 515 g/mol. The Bertz CT molecular complexity index is 1490. The van der Waals surface area contributed by atoms with E-state index in [9.17, 15) is 14.7 Å². The average Bonchev–Trinajstić information content (AvgIpc) is 3.48. The first kappa shape index (κ1) is 24.1. The predicted molar refractivity (Wildman–Crippen MR) is 137 cm³/mol. The van der Waals surface area contributed by atoms with Gasteiger partial charge in [-0.3, -0.25) is 19.5 Å². The molecule has 0 spiro atoms. The lowest BCUT2D eigenvalue weighted by Crippen LogP contribution is -2.29. The number of hydrogen-bond donors (Lipinski definition) is 1. The van der Waals surface area contributed by atoms with Crippen LogP contribution in [0.4, 0.5) is 5.13 Å². The minimum atomic E-state index is -0.961. The Labute approximate surface area is 216 Å². The first-order chi connectivity index (χ1) is 18.0. The predicted octanol–water partition coefficient (Wildman–Crippen LogP) is 4.46. The number of aliphatic hydroxyl groups excluding tert-OH is 1. The molecule has 1 N–H and O–H groups in total. The number of rotatable bonds is 7. The van der Waals surface area contributed by atoms with Gasteiger partial charge in [0.2, 0.25) is 5.13 Å². The van der Waals surface area contributed by atoms with Crippen molar-refractivity contribution >= 4 is 33.9 Å². The lowest BCUT2D eigenvalue weighted by molar-refractivity contribution is -0.132. The molecule has 0 saturated carbocycles. The fraction of sp³-hybridized carbons (Fsp3) is 0.148. The molecule has 0 radical (unpaired) electrons. The molecule has 0 aliphatic carbocycles. The van der Waals surface area contributed by atoms with Gasteiger partial charge in [-0.1, -0.05) is 47.7 Å².